The van der Waals surface area contributed by atoms with Crippen LogP contribution in [0, 0.1) is 11.3 Å². The minimum Gasteiger partial charge on any atom is -0.482 e. The predicted octanol–water partition coefficient (Wildman–Crippen LogP) is 4.02. The molecule has 2 rings (SSSR count). The van der Waals surface area contributed by atoms with Crippen molar-refractivity contribution in [3.8, 4) is 11.8 Å². The Morgan fingerprint density at radius 1 is 1.43 bits per heavy atom. The molecular formula is C16H14BrClN2O3. The zero-order valence-corrected chi connectivity index (χ0v) is 14.5. The first-order chi connectivity index (χ1) is 11.1. The van der Waals surface area contributed by atoms with Crippen LogP contribution in [0.5, 0.6) is 5.75 Å². The number of nitrogens with zero attached hydrogens (tertiary/aromatic N) is 2. The Hall–Kier alpha value is -1.97. The lowest BCUT2D eigenvalue weighted by atomic mass is 10.3. The number of amides is 1. The Labute approximate surface area is 147 Å². The molecule has 0 N–H and O–H groups in total. The van der Waals surface area contributed by atoms with Gasteiger partial charge in [-0.05, 0) is 30.3 Å². The van der Waals surface area contributed by atoms with Gasteiger partial charge >= 0.3 is 0 Å². The SMILES string of the molecule is N#CCCN(Cc1ccco1)C(=O)COc1ccc(Br)cc1Cl. The number of halogens is 2. The standard InChI is InChI=1S/C16H14BrClN2O3/c17-12-4-5-15(14(18)9-12)23-11-16(21)20(7-2-6-19)10-13-3-1-8-22-13/h1,3-5,8-9H,2,7,10-11H2. The van der Waals surface area contributed by atoms with E-state index in [1.807, 2.05) is 6.07 Å². The van der Waals surface area contributed by atoms with Crippen LogP contribution in [0.2, 0.25) is 5.02 Å². The van der Waals surface area contributed by atoms with Crippen molar-refractivity contribution < 1.29 is 13.9 Å². The van der Waals surface area contributed by atoms with Crippen molar-refractivity contribution in [3.05, 3.63) is 51.9 Å². The molecule has 0 aliphatic carbocycles. The highest BCUT2D eigenvalue weighted by Gasteiger charge is 2.16. The lowest BCUT2D eigenvalue weighted by Gasteiger charge is -2.20. The fourth-order valence-corrected chi connectivity index (χ4v) is 2.62. The predicted molar refractivity (Wildman–Crippen MR) is 89.0 cm³/mol. The van der Waals surface area contributed by atoms with Gasteiger partial charge < -0.3 is 14.1 Å². The summed E-state index contributed by atoms with van der Waals surface area (Å²) in [5, 5.41) is 9.15. The van der Waals surface area contributed by atoms with Gasteiger partial charge in [-0.25, -0.2) is 0 Å². The molecule has 1 amide bonds. The Kier molecular flexibility index (Phi) is 6.51. The van der Waals surface area contributed by atoms with Crippen LogP contribution in [0.3, 0.4) is 0 Å². The van der Waals surface area contributed by atoms with Crippen molar-refractivity contribution in [2.24, 2.45) is 0 Å². The number of hydrogen-bond acceptors (Lipinski definition) is 4. The molecule has 0 unspecified atom stereocenters. The molecule has 23 heavy (non-hydrogen) atoms. The molecule has 5 nitrogen and oxygen atoms in total. The largest absolute Gasteiger partial charge is 0.482 e. The molecule has 1 aromatic carbocycles. The Morgan fingerprint density at radius 3 is 2.91 bits per heavy atom. The Bertz CT molecular complexity index is 698. The molecule has 0 aliphatic rings. The highest BCUT2D eigenvalue weighted by atomic mass is 79.9. The lowest BCUT2D eigenvalue weighted by Crippen LogP contribution is -2.35. The monoisotopic (exact) mass is 396 g/mol. The van der Waals surface area contributed by atoms with Crippen LogP contribution in [0.25, 0.3) is 0 Å². The summed E-state index contributed by atoms with van der Waals surface area (Å²) >= 11 is 9.36. The van der Waals surface area contributed by atoms with Gasteiger partial charge in [0.25, 0.3) is 5.91 Å². The topological polar surface area (TPSA) is 66.5 Å². The van der Waals surface area contributed by atoms with E-state index in [9.17, 15) is 4.79 Å². The Morgan fingerprint density at radius 2 is 2.26 bits per heavy atom. The second-order valence-electron chi connectivity index (χ2n) is 4.67. The van der Waals surface area contributed by atoms with Crippen molar-refractivity contribution in [1.29, 1.82) is 5.26 Å². The minimum absolute atomic E-state index is 0.159. The first kappa shape index (κ1) is 17.4. The summed E-state index contributed by atoms with van der Waals surface area (Å²) in [6.45, 7) is 0.450. The van der Waals surface area contributed by atoms with E-state index >= 15 is 0 Å². The number of furan rings is 1. The number of carbonyl (C=O) groups excluding carboxylic acids is 1. The molecular weight excluding hydrogens is 384 g/mol. The van der Waals surface area contributed by atoms with Crippen LogP contribution in [-0.4, -0.2) is 24.0 Å². The highest BCUT2D eigenvalue weighted by Crippen LogP contribution is 2.27. The first-order valence-corrected chi connectivity index (χ1v) is 8.02. The van der Waals surface area contributed by atoms with Crippen LogP contribution in [0.15, 0.2) is 45.5 Å². The average Bonchev–Trinajstić information content (AvgIpc) is 3.03. The zero-order valence-electron chi connectivity index (χ0n) is 12.2. The van der Waals surface area contributed by atoms with Crippen molar-refractivity contribution in [3.63, 3.8) is 0 Å². The van der Waals surface area contributed by atoms with E-state index in [4.69, 9.17) is 26.0 Å². The minimum atomic E-state index is -0.240. The smallest absolute Gasteiger partial charge is 0.260 e. The van der Waals surface area contributed by atoms with Crippen molar-refractivity contribution in [2.45, 2.75) is 13.0 Å². The maximum Gasteiger partial charge on any atom is 0.260 e. The summed E-state index contributed by atoms with van der Waals surface area (Å²) in [5.74, 6) is 0.843. The van der Waals surface area contributed by atoms with Gasteiger partial charge in [0.15, 0.2) is 6.61 Å². The van der Waals surface area contributed by atoms with Crippen molar-refractivity contribution in [2.75, 3.05) is 13.2 Å². The fraction of sp³-hybridized carbons (Fsp3) is 0.250. The number of nitriles is 1. The van der Waals surface area contributed by atoms with Gasteiger partial charge in [-0.1, -0.05) is 27.5 Å². The van der Waals surface area contributed by atoms with Gasteiger partial charge in [0.2, 0.25) is 0 Å². The van der Waals surface area contributed by atoms with Gasteiger partial charge in [-0.2, -0.15) is 5.26 Å². The Balaban J connectivity index is 1.97. The molecule has 1 aromatic heterocycles. The highest BCUT2D eigenvalue weighted by molar-refractivity contribution is 9.10. The molecule has 0 aliphatic heterocycles. The van der Waals surface area contributed by atoms with Crippen LogP contribution >= 0.6 is 27.5 Å². The lowest BCUT2D eigenvalue weighted by molar-refractivity contribution is -0.134. The van der Waals surface area contributed by atoms with Crippen LogP contribution < -0.4 is 4.74 Å². The summed E-state index contributed by atoms with van der Waals surface area (Å²) in [5.41, 5.74) is 0. The molecule has 1 heterocycles. The maximum atomic E-state index is 12.3. The molecule has 0 radical (unpaired) electrons. The van der Waals surface area contributed by atoms with Crippen LogP contribution in [0.4, 0.5) is 0 Å². The summed E-state index contributed by atoms with van der Waals surface area (Å²) in [7, 11) is 0. The number of carbonyl (C=O) groups is 1. The molecule has 120 valence electrons. The van der Waals surface area contributed by atoms with E-state index in [0.717, 1.165) is 4.47 Å². The quantitative estimate of drug-likeness (QED) is 0.708. The molecule has 0 bridgehead atoms. The number of rotatable bonds is 7. The van der Waals surface area contributed by atoms with E-state index in [2.05, 4.69) is 15.9 Å². The van der Waals surface area contributed by atoms with Crippen LogP contribution in [0.1, 0.15) is 12.2 Å². The number of benzene rings is 1. The molecule has 7 heteroatoms. The van der Waals surface area contributed by atoms with E-state index in [0.29, 0.717) is 29.6 Å². The number of hydrogen-bond donors (Lipinski definition) is 0. The van der Waals surface area contributed by atoms with E-state index < -0.39 is 0 Å². The summed E-state index contributed by atoms with van der Waals surface area (Å²) in [4.78, 5) is 13.8. The normalized spacial score (nSPS) is 10.1. The fourth-order valence-electron chi connectivity index (χ4n) is 1.89. The second kappa shape index (κ2) is 8.61. The molecule has 2 aromatic rings. The third-order valence-electron chi connectivity index (χ3n) is 3.02. The van der Waals surface area contributed by atoms with Crippen LogP contribution in [-0.2, 0) is 11.3 Å². The van der Waals surface area contributed by atoms with Gasteiger partial charge in [0.05, 0.1) is 30.3 Å². The van der Waals surface area contributed by atoms with Gasteiger partial charge in [0.1, 0.15) is 11.5 Å². The number of ether oxygens (including phenoxy) is 1. The van der Waals surface area contributed by atoms with Crippen molar-refractivity contribution >= 4 is 33.4 Å². The summed E-state index contributed by atoms with van der Waals surface area (Å²) < 4.78 is 11.5. The second-order valence-corrected chi connectivity index (χ2v) is 5.99. The zero-order chi connectivity index (χ0) is 16.7. The summed E-state index contributed by atoms with van der Waals surface area (Å²) in [6.07, 6.45) is 1.78. The molecule has 0 spiro atoms. The van der Waals surface area contributed by atoms with E-state index in [1.165, 1.54) is 4.90 Å². The van der Waals surface area contributed by atoms with Crippen molar-refractivity contribution in [1.82, 2.24) is 4.90 Å². The third kappa shape index (κ3) is 5.31. The van der Waals surface area contributed by atoms with Gasteiger partial charge in [-0.15, -0.1) is 0 Å². The molecule has 0 saturated carbocycles. The third-order valence-corrected chi connectivity index (χ3v) is 3.81. The maximum absolute atomic E-state index is 12.3. The average molecular weight is 398 g/mol. The van der Waals surface area contributed by atoms with E-state index in [1.54, 1.807) is 36.6 Å². The summed E-state index contributed by atoms with van der Waals surface area (Å²) in [6, 6.07) is 10.7. The van der Waals surface area contributed by atoms with Gasteiger partial charge in [0, 0.05) is 11.0 Å². The molecule has 0 fully saturated rings. The molecule has 0 atom stereocenters. The molecule has 0 saturated heterocycles. The van der Waals surface area contributed by atoms with E-state index in [-0.39, 0.29) is 18.9 Å². The van der Waals surface area contributed by atoms with Gasteiger partial charge in [-0.3, -0.25) is 4.79 Å². The first-order valence-electron chi connectivity index (χ1n) is 6.85.